The second-order valence-corrected chi connectivity index (χ2v) is 10.6. The fourth-order valence-electron chi connectivity index (χ4n) is 4.02. The maximum Gasteiger partial charge on any atom is 0.329 e. The molecule has 178 valence electrons. The number of esters is 1. The molecule has 2 atom stereocenters. The lowest BCUT2D eigenvalue weighted by Gasteiger charge is -2.29. The molecular weight excluding hydrogens is 440 g/mol. The summed E-state index contributed by atoms with van der Waals surface area (Å²) >= 11 is 0. The van der Waals surface area contributed by atoms with E-state index in [0.29, 0.717) is 31.4 Å². The van der Waals surface area contributed by atoms with Crippen LogP contribution in [0.2, 0.25) is 0 Å². The Morgan fingerprint density at radius 3 is 2.24 bits per heavy atom. The molecule has 1 amide bonds. The van der Waals surface area contributed by atoms with Crippen LogP contribution in [0.15, 0.2) is 60.7 Å². The van der Waals surface area contributed by atoms with Gasteiger partial charge in [0, 0.05) is 6.54 Å². The lowest BCUT2D eigenvalue weighted by molar-refractivity contribution is -0.155. The standard InChI is InChI=1S/C25H32N2O5S/c1-19(2)16-22(26-33(30,31)18-21-12-7-4-8-13-21)24(28)27-15-9-14-23(27)25(29)32-17-20-10-5-3-6-11-20/h3-8,10-13,19,22-23,26H,9,14-18H2,1-2H3/t22-,23-/m0/s1. The summed E-state index contributed by atoms with van der Waals surface area (Å²) in [5.41, 5.74) is 1.51. The third-order valence-corrected chi connectivity index (χ3v) is 6.92. The van der Waals surface area contributed by atoms with Crippen LogP contribution in [0, 0.1) is 5.92 Å². The molecule has 8 heteroatoms. The highest BCUT2D eigenvalue weighted by Gasteiger charge is 2.39. The molecule has 0 bridgehead atoms. The molecule has 33 heavy (non-hydrogen) atoms. The molecular formula is C25H32N2O5S. The number of hydrogen-bond donors (Lipinski definition) is 1. The van der Waals surface area contributed by atoms with E-state index in [9.17, 15) is 18.0 Å². The Morgan fingerprint density at radius 2 is 1.64 bits per heavy atom. The van der Waals surface area contributed by atoms with Crippen molar-refractivity contribution in [3.8, 4) is 0 Å². The van der Waals surface area contributed by atoms with Crippen molar-refractivity contribution in [1.29, 1.82) is 0 Å². The van der Waals surface area contributed by atoms with E-state index in [2.05, 4.69) is 4.72 Å². The van der Waals surface area contributed by atoms with Gasteiger partial charge in [-0.15, -0.1) is 0 Å². The van der Waals surface area contributed by atoms with Gasteiger partial charge in [0.2, 0.25) is 15.9 Å². The van der Waals surface area contributed by atoms with Gasteiger partial charge in [-0.25, -0.2) is 17.9 Å². The summed E-state index contributed by atoms with van der Waals surface area (Å²) in [6.45, 7) is 4.40. The van der Waals surface area contributed by atoms with Crippen LogP contribution in [0.5, 0.6) is 0 Å². The molecule has 0 radical (unpaired) electrons. The molecule has 0 unspecified atom stereocenters. The van der Waals surface area contributed by atoms with Crippen LogP contribution in [0.3, 0.4) is 0 Å². The fraction of sp³-hybridized carbons (Fsp3) is 0.440. The first-order valence-corrected chi connectivity index (χ1v) is 13.0. The third kappa shape index (κ3) is 7.40. The quantitative estimate of drug-likeness (QED) is 0.536. The molecule has 0 spiro atoms. The van der Waals surface area contributed by atoms with Gasteiger partial charge in [-0.05, 0) is 36.3 Å². The van der Waals surface area contributed by atoms with E-state index in [4.69, 9.17) is 4.74 Å². The maximum absolute atomic E-state index is 13.4. The van der Waals surface area contributed by atoms with Gasteiger partial charge in [-0.1, -0.05) is 74.5 Å². The number of amides is 1. The van der Waals surface area contributed by atoms with Crippen LogP contribution in [0.25, 0.3) is 0 Å². The number of carbonyl (C=O) groups is 2. The van der Waals surface area contributed by atoms with Crippen LogP contribution in [0.1, 0.15) is 44.2 Å². The minimum Gasteiger partial charge on any atom is -0.459 e. The number of rotatable bonds is 10. The zero-order valence-electron chi connectivity index (χ0n) is 19.1. The van der Waals surface area contributed by atoms with Crippen molar-refractivity contribution >= 4 is 21.9 Å². The van der Waals surface area contributed by atoms with Crippen molar-refractivity contribution in [3.63, 3.8) is 0 Å². The van der Waals surface area contributed by atoms with Crippen molar-refractivity contribution in [2.24, 2.45) is 5.92 Å². The van der Waals surface area contributed by atoms with Gasteiger partial charge < -0.3 is 9.64 Å². The Morgan fingerprint density at radius 1 is 1.03 bits per heavy atom. The second-order valence-electron chi connectivity index (χ2n) is 8.83. The summed E-state index contributed by atoms with van der Waals surface area (Å²) < 4.78 is 33.7. The molecule has 1 saturated heterocycles. The summed E-state index contributed by atoms with van der Waals surface area (Å²) in [5.74, 6) is -0.956. The molecule has 1 N–H and O–H groups in total. The Hall–Kier alpha value is -2.71. The molecule has 0 aromatic heterocycles. The molecule has 2 aromatic rings. The summed E-state index contributed by atoms with van der Waals surface area (Å²) in [4.78, 5) is 27.6. The zero-order valence-corrected chi connectivity index (χ0v) is 20.0. The number of carbonyl (C=O) groups excluding carboxylic acids is 2. The normalized spacial score (nSPS) is 17.2. The number of nitrogens with zero attached hydrogens (tertiary/aromatic N) is 1. The molecule has 0 saturated carbocycles. The zero-order chi connectivity index (χ0) is 23.8. The van der Waals surface area contributed by atoms with Gasteiger partial charge in [-0.3, -0.25) is 4.79 Å². The summed E-state index contributed by atoms with van der Waals surface area (Å²) in [5, 5.41) is 0. The van der Waals surface area contributed by atoms with Crippen LogP contribution < -0.4 is 4.72 Å². The van der Waals surface area contributed by atoms with E-state index in [1.165, 1.54) is 4.90 Å². The van der Waals surface area contributed by atoms with Crippen molar-refractivity contribution < 1.29 is 22.7 Å². The first-order chi connectivity index (χ1) is 15.7. The molecule has 1 aliphatic heterocycles. The second kappa shape index (κ2) is 11.4. The van der Waals surface area contributed by atoms with E-state index >= 15 is 0 Å². The van der Waals surface area contributed by atoms with Gasteiger partial charge in [0.05, 0.1) is 5.75 Å². The Balaban J connectivity index is 1.68. The average Bonchev–Trinajstić information content (AvgIpc) is 3.27. The Labute approximate surface area is 196 Å². The number of likely N-dealkylation sites (tertiary alicyclic amines) is 1. The minimum absolute atomic E-state index is 0.0875. The van der Waals surface area contributed by atoms with Gasteiger partial charge in [0.1, 0.15) is 18.7 Å². The lowest BCUT2D eigenvalue weighted by atomic mass is 10.0. The number of ether oxygens (including phenoxy) is 1. The van der Waals surface area contributed by atoms with E-state index in [1.807, 2.05) is 50.2 Å². The van der Waals surface area contributed by atoms with Crippen molar-refractivity contribution in [3.05, 3.63) is 71.8 Å². The third-order valence-electron chi connectivity index (χ3n) is 5.56. The monoisotopic (exact) mass is 472 g/mol. The predicted molar refractivity (Wildman–Crippen MR) is 126 cm³/mol. The summed E-state index contributed by atoms with van der Waals surface area (Å²) in [7, 11) is -3.75. The van der Waals surface area contributed by atoms with E-state index < -0.39 is 28.1 Å². The highest BCUT2D eigenvalue weighted by Crippen LogP contribution is 2.22. The maximum atomic E-state index is 13.4. The number of hydrogen-bond acceptors (Lipinski definition) is 5. The topological polar surface area (TPSA) is 92.8 Å². The van der Waals surface area contributed by atoms with E-state index in [0.717, 1.165) is 5.56 Å². The average molecular weight is 473 g/mol. The highest BCUT2D eigenvalue weighted by atomic mass is 32.2. The molecule has 1 aliphatic rings. The van der Waals surface area contributed by atoms with E-state index in [1.54, 1.807) is 24.3 Å². The summed E-state index contributed by atoms with van der Waals surface area (Å²) in [6, 6.07) is 16.6. The SMILES string of the molecule is CC(C)C[C@H](NS(=O)(=O)Cc1ccccc1)C(=O)N1CCC[C@H]1C(=O)OCc1ccccc1. The van der Waals surface area contributed by atoms with Crippen LogP contribution in [-0.2, 0) is 36.7 Å². The molecule has 1 fully saturated rings. The largest absolute Gasteiger partial charge is 0.459 e. The molecule has 7 nitrogen and oxygen atoms in total. The van der Waals surface area contributed by atoms with Crippen LogP contribution in [0.4, 0.5) is 0 Å². The summed E-state index contributed by atoms with van der Waals surface area (Å²) in [6.07, 6.45) is 1.52. The molecule has 1 heterocycles. The highest BCUT2D eigenvalue weighted by molar-refractivity contribution is 7.88. The Kier molecular flexibility index (Phi) is 8.63. The Bertz CT molecular complexity index is 1030. The first-order valence-electron chi connectivity index (χ1n) is 11.3. The predicted octanol–water partition coefficient (Wildman–Crippen LogP) is 3.26. The number of benzene rings is 2. The minimum atomic E-state index is -3.75. The molecule has 0 aliphatic carbocycles. The van der Waals surface area contributed by atoms with E-state index in [-0.39, 0.29) is 24.2 Å². The molecule has 3 rings (SSSR count). The first kappa shape index (κ1) is 24.9. The lowest BCUT2D eigenvalue weighted by Crippen LogP contribution is -2.52. The van der Waals surface area contributed by atoms with Gasteiger partial charge in [0.25, 0.3) is 0 Å². The van der Waals surface area contributed by atoms with Crippen molar-refractivity contribution in [1.82, 2.24) is 9.62 Å². The fourth-order valence-corrected chi connectivity index (χ4v) is 5.37. The number of nitrogens with one attached hydrogen (secondary N) is 1. The smallest absolute Gasteiger partial charge is 0.329 e. The number of sulfonamides is 1. The van der Waals surface area contributed by atoms with Gasteiger partial charge in [0.15, 0.2) is 0 Å². The van der Waals surface area contributed by atoms with Gasteiger partial charge >= 0.3 is 5.97 Å². The van der Waals surface area contributed by atoms with Crippen molar-refractivity contribution in [2.75, 3.05) is 6.54 Å². The van der Waals surface area contributed by atoms with Crippen LogP contribution in [-0.4, -0.2) is 43.8 Å². The van der Waals surface area contributed by atoms with Crippen LogP contribution >= 0.6 is 0 Å². The van der Waals surface area contributed by atoms with Crippen molar-refractivity contribution in [2.45, 2.75) is 57.6 Å². The van der Waals surface area contributed by atoms with Gasteiger partial charge in [-0.2, -0.15) is 0 Å². The molecule has 2 aromatic carbocycles.